The molecule has 0 aromatic heterocycles. The second kappa shape index (κ2) is 5.55. The van der Waals surface area contributed by atoms with Crippen molar-refractivity contribution >= 4 is 24.2 Å². The molecule has 0 atom stereocenters. The molecule has 0 saturated carbocycles. The van der Waals surface area contributed by atoms with Gasteiger partial charge in [-0.3, -0.25) is 4.79 Å². The Labute approximate surface area is 106 Å². The van der Waals surface area contributed by atoms with E-state index in [1.54, 1.807) is 6.07 Å². The Morgan fingerprint density at radius 1 is 1.06 bits per heavy atom. The smallest absolute Gasteiger partial charge is 0.255 e. The summed E-state index contributed by atoms with van der Waals surface area (Å²) in [5.74, 6) is 0.534. The highest BCUT2D eigenvalue weighted by Crippen LogP contribution is 2.11. The number of hydrogen-bond acceptors (Lipinski definition) is 2. The highest BCUT2D eigenvalue weighted by atomic mass is 32.1. The normalized spacial score (nSPS) is 9.94. The molecule has 0 spiro atoms. The van der Waals surface area contributed by atoms with E-state index >= 15 is 0 Å². The second-order valence-electron chi connectivity index (χ2n) is 3.68. The van der Waals surface area contributed by atoms with Crippen molar-refractivity contribution < 1.29 is 4.79 Å². The summed E-state index contributed by atoms with van der Waals surface area (Å²) >= 11 is 4.19. The molecule has 2 aromatic rings. The number of benzene rings is 2. The van der Waals surface area contributed by atoms with Crippen LogP contribution < -0.4 is 5.32 Å². The predicted molar refractivity (Wildman–Crippen MR) is 73.5 cm³/mol. The third-order valence-electron chi connectivity index (χ3n) is 2.40. The van der Waals surface area contributed by atoms with Gasteiger partial charge in [-0.25, -0.2) is 0 Å². The maximum Gasteiger partial charge on any atom is 0.255 e. The molecule has 0 aliphatic rings. The summed E-state index contributed by atoms with van der Waals surface area (Å²) < 4.78 is 0. The first kappa shape index (κ1) is 11.7. The molecule has 1 amide bonds. The van der Waals surface area contributed by atoms with Crippen LogP contribution >= 0.6 is 12.6 Å². The Bertz CT molecular complexity index is 511. The van der Waals surface area contributed by atoms with E-state index in [0.29, 0.717) is 11.3 Å². The van der Waals surface area contributed by atoms with Crippen molar-refractivity contribution in [3.63, 3.8) is 0 Å². The molecule has 2 aromatic carbocycles. The minimum Gasteiger partial charge on any atom is -0.322 e. The summed E-state index contributed by atoms with van der Waals surface area (Å²) in [6.45, 7) is 0. The van der Waals surface area contributed by atoms with Crippen LogP contribution in [0.1, 0.15) is 15.9 Å². The molecule has 2 nitrogen and oxygen atoms in total. The van der Waals surface area contributed by atoms with Gasteiger partial charge in [-0.1, -0.05) is 30.3 Å². The van der Waals surface area contributed by atoms with Crippen LogP contribution in [0.4, 0.5) is 5.69 Å². The number of para-hydroxylation sites is 1. The molecular weight excluding hydrogens is 230 g/mol. The van der Waals surface area contributed by atoms with Crippen LogP contribution in [0.15, 0.2) is 54.6 Å². The lowest BCUT2D eigenvalue weighted by Crippen LogP contribution is -2.11. The van der Waals surface area contributed by atoms with Gasteiger partial charge in [0, 0.05) is 17.0 Å². The third-order valence-corrected chi connectivity index (χ3v) is 2.77. The molecule has 0 bridgehead atoms. The van der Waals surface area contributed by atoms with E-state index in [0.717, 1.165) is 11.3 Å². The highest BCUT2D eigenvalue weighted by molar-refractivity contribution is 7.79. The fourth-order valence-corrected chi connectivity index (χ4v) is 1.73. The van der Waals surface area contributed by atoms with E-state index in [1.807, 2.05) is 48.5 Å². The molecule has 0 unspecified atom stereocenters. The highest BCUT2D eigenvalue weighted by Gasteiger charge is 2.05. The molecule has 0 radical (unpaired) electrons. The van der Waals surface area contributed by atoms with Gasteiger partial charge in [-0.15, -0.1) is 0 Å². The monoisotopic (exact) mass is 243 g/mol. The lowest BCUT2D eigenvalue weighted by Gasteiger charge is -2.05. The second-order valence-corrected chi connectivity index (χ2v) is 3.99. The zero-order valence-electron chi connectivity index (χ0n) is 9.26. The van der Waals surface area contributed by atoms with Crippen LogP contribution in [0.2, 0.25) is 0 Å². The molecule has 0 heterocycles. The quantitative estimate of drug-likeness (QED) is 0.795. The van der Waals surface area contributed by atoms with Gasteiger partial charge in [0.1, 0.15) is 0 Å². The minimum atomic E-state index is -0.0974. The van der Waals surface area contributed by atoms with Gasteiger partial charge in [-0.2, -0.15) is 12.6 Å². The van der Waals surface area contributed by atoms with E-state index in [2.05, 4.69) is 17.9 Å². The molecule has 1 N–H and O–H groups in total. The molecule has 2 rings (SSSR count). The number of nitrogens with one attached hydrogen (secondary N) is 1. The maximum atomic E-state index is 11.9. The first-order valence-electron chi connectivity index (χ1n) is 5.36. The van der Waals surface area contributed by atoms with Crippen molar-refractivity contribution in [1.29, 1.82) is 0 Å². The van der Waals surface area contributed by atoms with E-state index in [-0.39, 0.29) is 5.91 Å². The predicted octanol–water partition coefficient (Wildman–Crippen LogP) is 3.37. The van der Waals surface area contributed by atoms with Crippen molar-refractivity contribution in [3.8, 4) is 0 Å². The van der Waals surface area contributed by atoms with E-state index in [1.165, 1.54) is 0 Å². The van der Waals surface area contributed by atoms with Gasteiger partial charge in [0.2, 0.25) is 0 Å². The van der Waals surface area contributed by atoms with Gasteiger partial charge in [0.25, 0.3) is 5.91 Å². The lowest BCUT2D eigenvalue weighted by molar-refractivity contribution is 0.102. The van der Waals surface area contributed by atoms with Gasteiger partial charge in [0.05, 0.1) is 0 Å². The Balaban J connectivity index is 2.14. The third kappa shape index (κ3) is 3.11. The SMILES string of the molecule is O=C(Nc1ccccc1)c1cccc(CS)c1. The first-order valence-corrected chi connectivity index (χ1v) is 5.99. The number of amides is 1. The van der Waals surface area contributed by atoms with Gasteiger partial charge < -0.3 is 5.32 Å². The molecule has 86 valence electrons. The fraction of sp³-hybridized carbons (Fsp3) is 0.0714. The fourth-order valence-electron chi connectivity index (χ4n) is 1.54. The molecule has 0 fully saturated rings. The Morgan fingerprint density at radius 3 is 2.53 bits per heavy atom. The van der Waals surface area contributed by atoms with Crippen molar-refractivity contribution in [2.24, 2.45) is 0 Å². The van der Waals surface area contributed by atoms with Crippen LogP contribution in [0.3, 0.4) is 0 Å². The Kier molecular flexibility index (Phi) is 3.83. The molecule has 3 heteroatoms. The number of carbonyl (C=O) groups excluding carboxylic acids is 1. The van der Waals surface area contributed by atoms with Gasteiger partial charge in [-0.05, 0) is 29.8 Å². The first-order chi connectivity index (χ1) is 8.29. The topological polar surface area (TPSA) is 29.1 Å². The molecular formula is C14H13NOS. The Morgan fingerprint density at radius 2 is 1.82 bits per heavy atom. The summed E-state index contributed by atoms with van der Waals surface area (Å²) in [4.78, 5) is 11.9. The zero-order valence-corrected chi connectivity index (χ0v) is 10.2. The number of carbonyl (C=O) groups is 1. The Hall–Kier alpha value is -1.74. The van der Waals surface area contributed by atoms with E-state index in [4.69, 9.17) is 0 Å². The molecule has 0 saturated heterocycles. The summed E-state index contributed by atoms with van der Waals surface area (Å²) in [6.07, 6.45) is 0. The van der Waals surface area contributed by atoms with Crippen LogP contribution in [-0.4, -0.2) is 5.91 Å². The molecule has 0 aliphatic carbocycles. The lowest BCUT2D eigenvalue weighted by atomic mass is 10.1. The molecule has 17 heavy (non-hydrogen) atoms. The molecule has 0 aliphatic heterocycles. The van der Waals surface area contributed by atoms with Gasteiger partial charge >= 0.3 is 0 Å². The summed E-state index contributed by atoms with van der Waals surface area (Å²) in [5, 5.41) is 2.85. The number of thiol groups is 1. The number of hydrogen-bond donors (Lipinski definition) is 2. The minimum absolute atomic E-state index is 0.0974. The van der Waals surface area contributed by atoms with Crippen molar-refractivity contribution in [2.45, 2.75) is 5.75 Å². The number of rotatable bonds is 3. The van der Waals surface area contributed by atoms with Crippen molar-refractivity contribution in [1.82, 2.24) is 0 Å². The van der Waals surface area contributed by atoms with Gasteiger partial charge in [0.15, 0.2) is 0 Å². The summed E-state index contributed by atoms with van der Waals surface area (Å²) in [5.41, 5.74) is 2.49. The van der Waals surface area contributed by atoms with E-state index in [9.17, 15) is 4.79 Å². The summed E-state index contributed by atoms with van der Waals surface area (Å²) in [6, 6.07) is 16.9. The average Bonchev–Trinajstić information content (AvgIpc) is 2.40. The number of anilines is 1. The van der Waals surface area contributed by atoms with Crippen molar-refractivity contribution in [3.05, 3.63) is 65.7 Å². The van der Waals surface area contributed by atoms with Crippen LogP contribution in [-0.2, 0) is 5.75 Å². The van der Waals surface area contributed by atoms with E-state index < -0.39 is 0 Å². The standard InChI is InChI=1S/C14H13NOS/c16-14(15-13-7-2-1-3-8-13)12-6-4-5-11(9-12)10-17/h1-9,17H,10H2,(H,15,16). The van der Waals surface area contributed by atoms with Crippen LogP contribution in [0, 0.1) is 0 Å². The summed E-state index contributed by atoms with van der Waals surface area (Å²) in [7, 11) is 0. The van der Waals surface area contributed by atoms with Crippen LogP contribution in [0.5, 0.6) is 0 Å². The average molecular weight is 243 g/mol. The maximum absolute atomic E-state index is 11.9. The zero-order chi connectivity index (χ0) is 12.1. The van der Waals surface area contributed by atoms with Crippen LogP contribution in [0.25, 0.3) is 0 Å². The largest absolute Gasteiger partial charge is 0.322 e. The van der Waals surface area contributed by atoms with Crippen molar-refractivity contribution in [2.75, 3.05) is 5.32 Å².